The van der Waals surface area contributed by atoms with Gasteiger partial charge >= 0.3 is 5.97 Å². The van der Waals surface area contributed by atoms with Crippen molar-refractivity contribution < 1.29 is 24.5 Å². The second-order valence-electron chi connectivity index (χ2n) is 3.54. The molecule has 1 rings (SSSR count). The summed E-state index contributed by atoms with van der Waals surface area (Å²) in [6, 6.07) is 0. The smallest absolute Gasteiger partial charge is 0.331 e. The van der Waals surface area contributed by atoms with E-state index in [1.807, 2.05) is 0 Å². The summed E-state index contributed by atoms with van der Waals surface area (Å²) >= 11 is 0. The Labute approximate surface area is 87.4 Å². The van der Waals surface area contributed by atoms with Gasteiger partial charge in [-0.1, -0.05) is 0 Å². The summed E-state index contributed by atoms with van der Waals surface area (Å²) in [7, 11) is 0. The fourth-order valence-electron chi connectivity index (χ4n) is 1.54. The van der Waals surface area contributed by atoms with Crippen molar-refractivity contribution >= 4 is 11.8 Å². The Morgan fingerprint density at radius 2 is 2.13 bits per heavy atom. The predicted octanol–water partition coefficient (Wildman–Crippen LogP) is -0.582. The van der Waals surface area contributed by atoms with Crippen molar-refractivity contribution in [1.29, 1.82) is 0 Å². The molecule has 0 aromatic heterocycles. The molecule has 0 bridgehead atoms. The van der Waals surface area contributed by atoms with E-state index < -0.39 is 18.0 Å². The van der Waals surface area contributed by atoms with Crippen molar-refractivity contribution in [2.75, 3.05) is 13.2 Å². The van der Waals surface area contributed by atoms with Crippen LogP contribution in [0.15, 0.2) is 11.6 Å². The van der Waals surface area contributed by atoms with E-state index in [0.29, 0.717) is 5.57 Å². The van der Waals surface area contributed by atoms with Crippen LogP contribution >= 0.6 is 0 Å². The molecule has 0 aromatic rings. The van der Waals surface area contributed by atoms with Crippen LogP contribution in [0.25, 0.3) is 0 Å². The van der Waals surface area contributed by atoms with Crippen LogP contribution < -0.4 is 0 Å². The highest BCUT2D eigenvalue weighted by Crippen LogP contribution is 2.25. The molecular formula is C10H14O5. The Hall–Kier alpha value is -1.20. The van der Waals surface area contributed by atoms with Crippen molar-refractivity contribution in [2.45, 2.75) is 19.4 Å². The molecule has 0 saturated carbocycles. The number of aliphatic hydroxyl groups excluding tert-OH is 2. The molecule has 0 spiro atoms. The molecule has 2 N–H and O–H groups in total. The number of carbonyl (C=O) groups is 2. The van der Waals surface area contributed by atoms with Crippen LogP contribution in [-0.2, 0) is 14.3 Å². The molecule has 1 aliphatic rings. The number of hydrogen-bond donors (Lipinski definition) is 2. The van der Waals surface area contributed by atoms with Gasteiger partial charge in [0, 0.05) is 18.4 Å². The lowest BCUT2D eigenvalue weighted by Crippen LogP contribution is -2.24. The van der Waals surface area contributed by atoms with Gasteiger partial charge in [0.05, 0.1) is 13.2 Å². The van der Waals surface area contributed by atoms with Gasteiger partial charge in [-0.15, -0.1) is 0 Å². The van der Waals surface area contributed by atoms with Gasteiger partial charge in [0.25, 0.3) is 0 Å². The van der Waals surface area contributed by atoms with Crippen molar-refractivity contribution in [3.05, 3.63) is 11.6 Å². The van der Waals surface area contributed by atoms with Crippen LogP contribution in [-0.4, -0.2) is 41.3 Å². The maximum absolute atomic E-state index is 11.0. The third kappa shape index (κ3) is 2.87. The van der Waals surface area contributed by atoms with E-state index in [4.69, 9.17) is 14.9 Å². The Morgan fingerprint density at radius 3 is 2.60 bits per heavy atom. The first-order chi connectivity index (χ1) is 7.08. The topological polar surface area (TPSA) is 83.8 Å². The number of Topliss-reactive ketones (excluding diaryl/α,β-unsaturated/α-hetero) is 1. The molecule has 5 nitrogen and oxygen atoms in total. The summed E-state index contributed by atoms with van der Waals surface area (Å²) in [6.45, 7) is 0.859. The predicted molar refractivity (Wildman–Crippen MR) is 50.9 cm³/mol. The molecule has 1 atom stereocenters. The van der Waals surface area contributed by atoms with Gasteiger partial charge in [0.15, 0.2) is 0 Å². The van der Waals surface area contributed by atoms with Gasteiger partial charge in [0.1, 0.15) is 11.9 Å². The van der Waals surface area contributed by atoms with Crippen LogP contribution in [0.2, 0.25) is 0 Å². The average Bonchev–Trinajstić information content (AvgIpc) is 2.48. The first-order valence-corrected chi connectivity index (χ1v) is 4.71. The summed E-state index contributed by atoms with van der Waals surface area (Å²) < 4.78 is 4.89. The van der Waals surface area contributed by atoms with E-state index in [1.54, 1.807) is 0 Å². The molecule has 0 fully saturated rings. The molecule has 84 valence electrons. The number of rotatable bonds is 5. The molecule has 0 unspecified atom stereocenters. The van der Waals surface area contributed by atoms with Crippen LogP contribution in [0, 0.1) is 5.92 Å². The van der Waals surface area contributed by atoms with Crippen molar-refractivity contribution in [3.63, 3.8) is 0 Å². The minimum Gasteiger partial charge on any atom is -0.454 e. The van der Waals surface area contributed by atoms with E-state index in [0.717, 1.165) is 0 Å². The van der Waals surface area contributed by atoms with E-state index in [1.165, 1.54) is 13.0 Å². The zero-order chi connectivity index (χ0) is 11.4. The van der Waals surface area contributed by atoms with Crippen LogP contribution in [0.1, 0.15) is 13.3 Å². The molecule has 15 heavy (non-hydrogen) atoms. The van der Waals surface area contributed by atoms with Crippen LogP contribution in [0.3, 0.4) is 0 Å². The van der Waals surface area contributed by atoms with Gasteiger partial charge in [-0.3, -0.25) is 4.79 Å². The molecule has 0 radical (unpaired) electrons. The van der Waals surface area contributed by atoms with Crippen molar-refractivity contribution in [1.82, 2.24) is 0 Å². The minimum absolute atomic E-state index is 0.0913. The summed E-state index contributed by atoms with van der Waals surface area (Å²) in [5.41, 5.74) is 0.500. The summed E-state index contributed by atoms with van der Waals surface area (Å²) in [4.78, 5) is 21.9. The third-order valence-corrected chi connectivity index (χ3v) is 2.30. The molecule has 1 aliphatic heterocycles. The summed E-state index contributed by atoms with van der Waals surface area (Å²) in [6.07, 6.45) is 0.706. The number of hydrogen-bond acceptors (Lipinski definition) is 5. The summed E-state index contributed by atoms with van der Waals surface area (Å²) in [5.74, 6) is -1.15. The molecule has 0 amide bonds. The number of ether oxygens (including phenoxy) is 1. The Balaban J connectivity index is 2.77. The zero-order valence-corrected chi connectivity index (χ0v) is 8.47. The summed E-state index contributed by atoms with van der Waals surface area (Å²) in [5, 5.41) is 17.9. The van der Waals surface area contributed by atoms with Gasteiger partial charge < -0.3 is 14.9 Å². The highest BCUT2D eigenvalue weighted by molar-refractivity contribution is 5.87. The first kappa shape index (κ1) is 11.9. The van der Waals surface area contributed by atoms with Gasteiger partial charge in [-0.25, -0.2) is 4.79 Å². The second-order valence-corrected chi connectivity index (χ2v) is 3.54. The zero-order valence-electron chi connectivity index (χ0n) is 8.47. The monoisotopic (exact) mass is 214 g/mol. The molecule has 0 saturated heterocycles. The molecule has 1 heterocycles. The van der Waals surface area contributed by atoms with Gasteiger partial charge in [-0.2, -0.15) is 0 Å². The normalized spacial score (nSPS) is 20.4. The molecule has 5 heteroatoms. The third-order valence-electron chi connectivity index (χ3n) is 2.30. The number of ketones is 1. The standard InChI is InChI=1S/C10H14O5/c1-6(13)2-9-8(3-10(14)15-9)7(4-11)5-12/h3,7,9,11-12H,2,4-5H2,1H3/t9-/m1/s1. The van der Waals surface area contributed by atoms with Gasteiger partial charge in [-0.05, 0) is 12.5 Å². The van der Waals surface area contributed by atoms with E-state index >= 15 is 0 Å². The lowest BCUT2D eigenvalue weighted by atomic mass is 9.94. The SMILES string of the molecule is CC(=O)C[C@H]1OC(=O)C=C1C(CO)CO. The Morgan fingerprint density at radius 1 is 1.53 bits per heavy atom. The first-order valence-electron chi connectivity index (χ1n) is 4.71. The Bertz CT molecular complexity index is 290. The average molecular weight is 214 g/mol. The lowest BCUT2D eigenvalue weighted by Gasteiger charge is -2.18. The molecule has 0 aromatic carbocycles. The number of carbonyl (C=O) groups excluding carboxylic acids is 2. The number of cyclic esters (lactones) is 1. The largest absolute Gasteiger partial charge is 0.454 e. The van der Waals surface area contributed by atoms with Crippen LogP contribution in [0.4, 0.5) is 0 Å². The van der Waals surface area contributed by atoms with E-state index in [9.17, 15) is 9.59 Å². The van der Waals surface area contributed by atoms with E-state index in [-0.39, 0.29) is 25.4 Å². The van der Waals surface area contributed by atoms with Crippen molar-refractivity contribution in [3.8, 4) is 0 Å². The van der Waals surface area contributed by atoms with E-state index in [2.05, 4.69) is 0 Å². The maximum atomic E-state index is 11.0. The highest BCUT2D eigenvalue weighted by atomic mass is 16.5. The van der Waals surface area contributed by atoms with Crippen LogP contribution in [0.5, 0.6) is 0 Å². The number of aliphatic hydroxyl groups is 2. The second kappa shape index (κ2) is 5.04. The lowest BCUT2D eigenvalue weighted by molar-refractivity contribution is -0.140. The molecular weight excluding hydrogens is 200 g/mol. The molecule has 0 aliphatic carbocycles. The maximum Gasteiger partial charge on any atom is 0.331 e. The van der Waals surface area contributed by atoms with Gasteiger partial charge in [0.2, 0.25) is 0 Å². The quantitative estimate of drug-likeness (QED) is 0.598. The minimum atomic E-state index is -0.626. The number of esters is 1. The fraction of sp³-hybridized carbons (Fsp3) is 0.600. The van der Waals surface area contributed by atoms with Crippen molar-refractivity contribution in [2.24, 2.45) is 5.92 Å². The highest BCUT2D eigenvalue weighted by Gasteiger charge is 2.31. The Kier molecular flexibility index (Phi) is 3.99. The fourth-order valence-corrected chi connectivity index (χ4v) is 1.54.